The highest BCUT2D eigenvalue weighted by atomic mass is 32.1. The maximum Gasteiger partial charge on any atom is 0.164 e. The monoisotopic (exact) mass is 1030 g/mol. The first-order valence-electron chi connectivity index (χ1n) is 26.0. The third-order valence-electron chi connectivity index (χ3n) is 14.4. The molecule has 79 heavy (non-hydrogen) atoms. The summed E-state index contributed by atoms with van der Waals surface area (Å²) in [6.45, 7) is 0. The van der Waals surface area contributed by atoms with Crippen LogP contribution >= 0.6 is 11.3 Å². The number of para-hydroxylation sites is 3. The zero-order chi connectivity index (χ0) is 52.2. The van der Waals surface area contributed by atoms with Gasteiger partial charge in [0.05, 0.1) is 22.1 Å². The molecule has 0 spiro atoms. The number of hydrogen-bond acceptors (Lipinski definition) is 9. The van der Waals surface area contributed by atoms with Crippen molar-refractivity contribution in [3.63, 3.8) is 0 Å². The number of rotatable bonds is 10. The first-order valence-corrected chi connectivity index (χ1v) is 26.8. The lowest BCUT2D eigenvalue weighted by Crippen LogP contribution is -2.01. The van der Waals surface area contributed by atoms with Crippen molar-refractivity contribution in [1.82, 2.24) is 49.2 Å². The molecule has 0 aliphatic carbocycles. The molecule has 15 rings (SSSR count). The summed E-state index contributed by atoms with van der Waals surface area (Å²) in [5.41, 5.74) is 13.7. The predicted octanol–water partition coefficient (Wildman–Crippen LogP) is 16.4. The van der Waals surface area contributed by atoms with Gasteiger partial charge in [0.2, 0.25) is 0 Å². The van der Waals surface area contributed by atoms with Crippen LogP contribution in [0, 0.1) is 0 Å². The number of benzene rings is 10. The van der Waals surface area contributed by atoms with Crippen molar-refractivity contribution < 1.29 is 0 Å². The zero-order valence-electron chi connectivity index (χ0n) is 42.1. The van der Waals surface area contributed by atoms with Crippen molar-refractivity contribution in [2.45, 2.75) is 0 Å². The lowest BCUT2D eigenvalue weighted by atomic mass is 10.1. The van der Waals surface area contributed by atoms with Crippen LogP contribution in [0.25, 0.3) is 144 Å². The standard InChI is InChI=1S/C68H42N10S/c1-5-20-43(21-6-1)61-69-62(44-22-7-2-8-23-44)72-65(71-61)47-28-17-30-50(40-47)77-57-36-15-14-33-53(57)56-42-49(38-39-59(56)77)67-75-76-68(79-67)55-35-19-34-54-52-32-13-16-37-58(52)78(60(54)55)51-31-18-29-48(41-51)66-73-63(45-24-9-3-10-25-45)70-64(74-66)46-26-11-4-12-27-46/h1-42H. The third-order valence-corrected chi connectivity index (χ3v) is 15.4. The minimum atomic E-state index is 0.590. The fourth-order valence-electron chi connectivity index (χ4n) is 10.7. The van der Waals surface area contributed by atoms with E-state index in [1.54, 1.807) is 11.3 Å². The molecule has 5 heterocycles. The minimum Gasteiger partial charge on any atom is -0.309 e. The van der Waals surface area contributed by atoms with Crippen LogP contribution in [-0.2, 0) is 0 Å². The molecule has 0 saturated carbocycles. The van der Waals surface area contributed by atoms with Crippen molar-refractivity contribution in [3.05, 3.63) is 255 Å². The smallest absolute Gasteiger partial charge is 0.164 e. The summed E-state index contributed by atoms with van der Waals surface area (Å²) >= 11 is 1.59. The van der Waals surface area contributed by atoms with Gasteiger partial charge in [0.15, 0.2) is 34.9 Å². The summed E-state index contributed by atoms with van der Waals surface area (Å²) in [6, 6.07) is 87.4. The van der Waals surface area contributed by atoms with Gasteiger partial charge < -0.3 is 9.13 Å². The van der Waals surface area contributed by atoms with Crippen LogP contribution in [0.5, 0.6) is 0 Å². The molecule has 0 N–H and O–H groups in total. The van der Waals surface area contributed by atoms with Crippen molar-refractivity contribution >= 4 is 54.9 Å². The highest BCUT2D eigenvalue weighted by Gasteiger charge is 2.22. The van der Waals surface area contributed by atoms with E-state index in [4.69, 9.17) is 40.1 Å². The van der Waals surface area contributed by atoms with Gasteiger partial charge in [0, 0.05) is 77.4 Å². The number of nitrogens with zero attached hydrogens (tertiary/aromatic N) is 10. The van der Waals surface area contributed by atoms with E-state index in [2.05, 4.69) is 143 Å². The van der Waals surface area contributed by atoms with Crippen molar-refractivity contribution in [2.24, 2.45) is 0 Å². The zero-order valence-corrected chi connectivity index (χ0v) is 42.9. The Bertz CT molecular complexity index is 4670. The van der Waals surface area contributed by atoms with E-state index in [1.807, 2.05) is 121 Å². The molecule has 0 atom stereocenters. The van der Waals surface area contributed by atoms with Gasteiger partial charge in [-0.3, -0.25) is 0 Å². The van der Waals surface area contributed by atoms with Crippen LogP contribution in [0.4, 0.5) is 0 Å². The average molecular weight is 1030 g/mol. The highest BCUT2D eigenvalue weighted by molar-refractivity contribution is 7.18. The second-order valence-corrected chi connectivity index (χ2v) is 20.2. The van der Waals surface area contributed by atoms with Crippen LogP contribution in [0.3, 0.4) is 0 Å². The summed E-state index contributed by atoms with van der Waals surface area (Å²) in [4.78, 5) is 30.1. The lowest BCUT2D eigenvalue weighted by Gasteiger charge is -2.12. The van der Waals surface area contributed by atoms with Gasteiger partial charge in [0.1, 0.15) is 10.0 Å². The topological polar surface area (TPSA) is 113 Å². The summed E-state index contributed by atoms with van der Waals surface area (Å²) in [6.07, 6.45) is 0. The summed E-state index contributed by atoms with van der Waals surface area (Å²) in [5, 5.41) is 16.0. The van der Waals surface area contributed by atoms with Gasteiger partial charge in [-0.25, -0.2) is 29.9 Å². The van der Waals surface area contributed by atoms with Crippen molar-refractivity contribution in [3.8, 4) is 101 Å². The molecule has 0 aliphatic heterocycles. The summed E-state index contributed by atoms with van der Waals surface area (Å²) in [7, 11) is 0. The molecule has 0 radical (unpaired) electrons. The molecule has 370 valence electrons. The lowest BCUT2D eigenvalue weighted by molar-refractivity contribution is 1.07. The second-order valence-electron chi connectivity index (χ2n) is 19.2. The van der Waals surface area contributed by atoms with E-state index in [0.29, 0.717) is 34.9 Å². The average Bonchev–Trinajstić information content (AvgIpc) is 4.47. The van der Waals surface area contributed by atoms with Gasteiger partial charge in [-0.2, -0.15) is 0 Å². The van der Waals surface area contributed by atoms with E-state index < -0.39 is 0 Å². The molecule has 10 nitrogen and oxygen atoms in total. The molecule has 0 aliphatic rings. The SMILES string of the molecule is c1ccc(-c2nc(-c3ccccc3)nc(-c3cccc(-n4c5ccccc5c5cc(-c6nnc(-c7cccc8c9ccccc9n(-c9cccc(-c%10nc(-c%11ccccc%11)nc(-c%11ccccc%11)n%10)c9)c78)s6)ccc54)c3)n2)cc1. The maximum absolute atomic E-state index is 5.08. The van der Waals surface area contributed by atoms with Gasteiger partial charge in [-0.05, 0) is 60.7 Å². The first-order chi connectivity index (χ1) is 39.1. The Hall–Kier alpha value is -10.6. The third kappa shape index (κ3) is 8.20. The van der Waals surface area contributed by atoms with E-state index in [9.17, 15) is 0 Å². The van der Waals surface area contributed by atoms with Gasteiger partial charge >= 0.3 is 0 Å². The van der Waals surface area contributed by atoms with Gasteiger partial charge in [0.25, 0.3) is 0 Å². The maximum atomic E-state index is 5.08. The van der Waals surface area contributed by atoms with Crippen molar-refractivity contribution in [2.75, 3.05) is 0 Å². The Morgan fingerprint density at radius 3 is 1.15 bits per heavy atom. The summed E-state index contributed by atoms with van der Waals surface area (Å²) in [5.74, 6) is 3.66. The summed E-state index contributed by atoms with van der Waals surface area (Å²) < 4.78 is 4.66. The molecular formula is C68H42N10S. The molecular weight excluding hydrogens is 989 g/mol. The molecule has 0 unspecified atom stereocenters. The Morgan fingerprint density at radius 1 is 0.253 bits per heavy atom. The fraction of sp³-hybridized carbons (Fsp3) is 0. The minimum absolute atomic E-state index is 0.590. The highest BCUT2D eigenvalue weighted by Crippen LogP contribution is 2.42. The van der Waals surface area contributed by atoms with Crippen LogP contribution in [-0.4, -0.2) is 49.2 Å². The molecule has 0 amide bonds. The van der Waals surface area contributed by atoms with E-state index in [-0.39, 0.29) is 0 Å². The number of hydrogen-bond donors (Lipinski definition) is 0. The Kier molecular flexibility index (Phi) is 11.1. The van der Waals surface area contributed by atoms with Crippen LogP contribution in [0.15, 0.2) is 255 Å². The number of aromatic nitrogens is 10. The second kappa shape index (κ2) is 19.2. The molecule has 15 aromatic rings. The van der Waals surface area contributed by atoms with Gasteiger partial charge in [-0.1, -0.05) is 205 Å². The Morgan fingerprint density at radius 2 is 0.633 bits per heavy atom. The van der Waals surface area contributed by atoms with Crippen LogP contribution < -0.4 is 0 Å². The van der Waals surface area contributed by atoms with Crippen LogP contribution in [0.1, 0.15) is 0 Å². The number of fused-ring (bicyclic) bond motifs is 6. The molecule has 0 saturated heterocycles. The molecule has 10 aromatic carbocycles. The van der Waals surface area contributed by atoms with Crippen molar-refractivity contribution in [1.29, 1.82) is 0 Å². The predicted molar refractivity (Wildman–Crippen MR) is 319 cm³/mol. The van der Waals surface area contributed by atoms with Gasteiger partial charge in [-0.15, -0.1) is 10.2 Å². The fourth-order valence-corrected chi connectivity index (χ4v) is 11.6. The van der Waals surface area contributed by atoms with E-state index in [1.165, 1.54) is 0 Å². The first kappa shape index (κ1) is 45.7. The largest absolute Gasteiger partial charge is 0.309 e. The Balaban J connectivity index is 0.818. The molecule has 11 heteroatoms. The molecule has 0 bridgehead atoms. The van der Waals surface area contributed by atoms with E-state index >= 15 is 0 Å². The van der Waals surface area contributed by atoms with E-state index in [0.717, 1.165) is 110 Å². The molecule has 5 aromatic heterocycles. The normalized spacial score (nSPS) is 11.5. The van der Waals surface area contributed by atoms with Crippen LogP contribution in [0.2, 0.25) is 0 Å². The molecule has 0 fully saturated rings. The quantitative estimate of drug-likeness (QED) is 0.133. The Labute approximate surface area is 457 Å².